The predicted octanol–water partition coefficient (Wildman–Crippen LogP) is 2.64. The smallest absolute Gasteiger partial charge is 0.193 e. The average Bonchev–Trinajstić information content (AvgIpc) is 2.52. The van der Waals surface area contributed by atoms with Crippen molar-refractivity contribution < 1.29 is 8.95 Å². The molecule has 0 aliphatic carbocycles. The second kappa shape index (κ2) is 9.67. The van der Waals surface area contributed by atoms with Gasteiger partial charge in [-0.2, -0.15) is 0 Å². The standard InChI is InChI=1S/C18H31N3O2S/c1-7-23-16-10-8-15(9-11-16)14-21(6)17(19-5)20-12-13-24(22)18(2,3)4/h8-11H,7,12-14H2,1-6H3,(H,19,20). The van der Waals surface area contributed by atoms with Gasteiger partial charge in [0.2, 0.25) is 0 Å². The van der Waals surface area contributed by atoms with Crippen molar-refractivity contribution >= 4 is 16.8 Å². The minimum Gasteiger partial charge on any atom is -0.494 e. The Morgan fingerprint density at radius 1 is 1.29 bits per heavy atom. The second-order valence-electron chi connectivity index (χ2n) is 6.57. The number of nitrogens with zero attached hydrogens (tertiary/aromatic N) is 2. The van der Waals surface area contributed by atoms with Crippen LogP contribution in [0.5, 0.6) is 5.75 Å². The molecule has 0 amide bonds. The second-order valence-corrected chi connectivity index (χ2v) is 8.89. The zero-order chi connectivity index (χ0) is 18.2. The van der Waals surface area contributed by atoms with Crippen LogP contribution in [0.15, 0.2) is 29.3 Å². The summed E-state index contributed by atoms with van der Waals surface area (Å²) in [6.07, 6.45) is 0. The van der Waals surface area contributed by atoms with Gasteiger partial charge in [0.25, 0.3) is 0 Å². The molecular formula is C18H31N3O2S. The fourth-order valence-corrected chi connectivity index (χ4v) is 3.05. The van der Waals surface area contributed by atoms with E-state index in [1.807, 2.05) is 46.9 Å². The van der Waals surface area contributed by atoms with Crippen LogP contribution in [-0.4, -0.2) is 52.8 Å². The number of ether oxygens (including phenoxy) is 1. The molecule has 0 aliphatic rings. The van der Waals surface area contributed by atoms with Crippen molar-refractivity contribution in [2.45, 2.75) is 39.0 Å². The summed E-state index contributed by atoms with van der Waals surface area (Å²) in [6.45, 7) is 10.0. The zero-order valence-corrected chi connectivity index (χ0v) is 16.6. The van der Waals surface area contributed by atoms with Crippen molar-refractivity contribution in [3.63, 3.8) is 0 Å². The number of guanidine groups is 1. The predicted molar refractivity (Wildman–Crippen MR) is 103 cm³/mol. The van der Waals surface area contributed by atoms with Crippen LogP contribution in [0.3, 0.4) is 0 Å². The summed E-state index contributed by atoms with van der Waals surface area (Å²) in [5, 5.41) is 3.28. The number of hydrogen-bond acceptors (Lipinski definition) is 3. The minimum atomic E-state index is -0.862. The van der Waals surface area contributed by atoms with E-state index in [2.05, 4.69) is 27.3 Å². The summed E-state index contributed by atoms with van der Waals surface area (Å²) in [6, 6.07) is 8.08. The van der Waals surface area contributed by atoms with Crippen molar-refractivity contribution in [2.75, 3.05) is 33.0 Å². The molecule has 1 aromatic rings. The highest BCUT2D eigenvalue weighted by molar-refractivity contribution is 7.86. The van der Waals surface area contributed by atoms with Gasteiger partial charge in [-0.15, -0.1) is 0 Å². The fourth-order valence-electron chi connectivity index (χ4n) is 2.15. The normalized spacial score (nSPS) is 13.5. The molecule has 5 nitrogen and oxygen atoms in total. The molecule has 1 unspecified atom stereocenters. The third-order valence-electron chi connectivity index (χ3n) is 3.48. The molecule has 24 heavy (non-hydrogen) atoms. The molecule has 1 N–H and O–H groups in total. The van der Waals surface area contributed by atoms with Gasteiger partial charge in [0.15, 0.2) is 5.96 Å². The van der Waals surface area contributed by atoms with Crippen LogP contribution < -0.4 is 10.1 Å². The van der Waals surface area contributed by atoms with E-state index in [1.54, 1.807) is 7.05 Å². The monoisotopic (exact) mass is 353 g/mol. The van der Waals surface area contributed by atoms with Crippen LogP contribution in [0.1, 0.15) is 33.3 Å². The van der Waals surface area contributed by atoms with Gasteiger partial charge in [-0.05, 0) is 45.4 Å². The number of aliphatic imine (C=N–C) groups is 1. The third-order valence-corrected chi connectivity index (χ3v) is 5.42. The van der Waals surface area contributed by atoms with E-state index in [0.29, 0.717) is 18.9 Å². The lowest BCUT2D eigenvalue weighted by atomic mass is 10.2. The maximum absolute atomic E-state index is 12.1. The first-order valence-electron chi connectivity index (χ1n) is 8.30. The summed E-state index contributed by atoms with van der Waals surface area (Å²) < 4.78 is 17.4. The molecule has 0 saturated heterocycles. The molecule has 0 aromatic heterocycles. The van der Waals surface area contributed by atoms with Gasteiger partial charge in [-0.1, -0.05) is 12.1 Å². The van der Waals surface area contributed by atoms with Crippen molar-refractivity contribution in [3.8, 4) is 5.75 Å². The molecular weight excluding hydrogens is 322 g/mol. The molecule has 1 rings (SSSR count). The van der Waals surface area contributed by atoms with Crippen molar-refractivity contribution in [3.05, 3.63) is 29.8 Å². The summed E-state index contributed by atoms with van der Waals surface area (Å²) in [5.41, 5.74) is 1.18. The van der Waals surface area contributed by atoms with E-state index in [0.717, 1.165) is 18.3 Å². The molecule has 0 saturated carbocycles. The number of nitrogens with one attached hydrogen (secondary N) is 1. The summed E-state index contributed by atoms with van der Waals surface area (Å²) >= 11 is 0. The fraction of sp³-hybridized carbons (Fsp3) is 0.611. The third kappa shape index (κ3) is 6.91. The van der Waals surface area contributed by atoms with E-state index in [4.69, 9.17) is 4.74 Å². The Morgan fingerprint density at radius 2 is 1.92 bits per heavy atom. The highest BCUT2D eigenvalue weighted by Gasteiger charge is 2.19. The Balaban J connectivity index is 2.51. The lowest BCUT2D eigenvalue weighted by Gasteiger charge is -2.23. The van der Waals surface area contributed by atoms with Gasteiger partial charge in [0.05, 0.1) is 6.61 Å². The van der Waals surface area contributed by atoms with E-state index >= 15 is 0 Å². The molecule has 136 valence electrons. The molecule has 0 fully saturated rings. The summed E-state index contributed by atoms with van der Waals surface area (Å²) in [5.74, 6) is 2.30. The minimum absolute atomic E-state index is 0.181. The number of benzene rings is 1. The first kappa shape index (κ1) is 20.5. The quantitative estimate of drug-likeness (QED) is 0.605. The molecule has 0 radical (unpaired) electrons. The van der Waals surface area contributed by atoms with Gasteiger partial charge in [0.1, 0.15) is 5.75 Å². The Hall–Kier alpha value is -1.56. The van der Waals surface area contributed by atoms with Crippen LogP contribution in [0.2, 0.25) is 0 Å². The van der Waals surface area contributed by atoms with Gasteiger partial charge in [0, 0.05) is 48.5 Å². The maximum atomic E-state index is 12.1. The molecule has 1 aromatic carbocycles. The van der Waals surface area contributed by atoms with Gasteiger partial charge in [-0.3, -0.25) is 9.20 Å². The summed E-state index contributed by atoms with van der Waals surface area (Å²) in [7, 11) is 2.89. The molecule has 6 heteroatoms. The SMILES string of the molecule is CCOc1ccc(CN(C)C(=NC)NCCS(=O)C(C)(C)C)cc1. The average molecular weight is 354 g/mol. The van der Waals surface area contributed by atoms with Crippen molar-refractivity contribution in [2.24, 2.45) is 4.99 Å². The Labute approximate surface area is 149 Å². The van der Waals surface area contributed by atoms with E-state index < -0.39 is 10.8 Å². The van der Waals surface area contributed by atoms with Gasteiger partial charge >= 0.3 is 0 Å². The highest BCUT2D eigenvalue weighted by atomic mass is 32.2. The molecule has 0 aliphatic heterocycles. The lowest BCUT2D eigenvalue weighted by molar-refractivity contribution is 0.340. The topological polar surface area (TPSA) is 53.9 Å². The molecule has 0 spiro atoms. The Kier molecular flexibility index (Phi) is 8.25. The maximum Gasteiger partial charge on any atom is 0.193 e. The molecule has 0 bridgehead atoms. The Morgan fingerprint density at radius 3 is 2.42 bits per heavy atom. The van der Waals surface area contributed by atoms with Crippen molar-refractivity contribution in [1.82, 2.24) is 10.2 Å². The first-order chi connectivity index (χ1) is 11.3. The summed E-state index contributed by atoms with van der Waals surface area (Å²) in [4.78, 5) is 6.35. The largest absolute Gasteiger partial charge is 0.494 e. The van der Waals surface area contributed by atoms with Gasteiger partial charge < -0.3 is 15.0 Å². The van der Waals surface area contributed by atoms with E-state index in [9.17, 15) is 4.21 Å². The number of hydrogen-bond donors (Lipinski definition) is 1. The van der Waals surface area contributed by atoms with Crippen LogP contribution in [0, 0.1) is 0 Å². The first-order valence-corrected chi connectivity index (χ1v) is 9.61. The molecule has 1 atom stereocenters. The molecule has 0 heterocycles. The highest BCUT2D eigenvalue weighted by Crippen LogP contribution is 2.13. The van der Waals surface area contributed by atoms with Crippen LogP contribution in [-0.2, 0) is 17.3 Å². The lowest BCUT2D eigenvalue weighted by Crippen LogP contribution is -2.41. The van der Waals surface area contributed by atoms with Gasteiger partial charge in [-0.25, -0.2) is 0 Å². The van der Waals surface area contributed by atoms with Crippen LogP contribution in [0.25, 0.3) is 0 Å². The van der Waals surface area contributed by atoms with Crippen molar-refractivity contribution in [1.29, 1.82) is 0 Å². The Bertz CT molecular complexity index is 550. The number of rotatable bonds is 7. The van der Waals surface area contributed by atoms with Crippen LogP contribution >= 0.6 is 0 Å². The zero-order valence-electron chi connectivity index (χ0n) is 15.8. The van der Waals surface area contributed by atoms with Crippen LogP contribution in [0.4, 0.5) is 0 Å². The van der Waals surface area contributed by atoms with E-state index in [1.165, 1.54) is 5.56 Å². The van der Waals surface area contributed by atoms with E-state index in [-0.39, 0.29) is 4.75 Å².